The Morgan fingerprint density at radius 3 is 2.59 bits per heavy atom. The summed E-state index contributed by atoms with van der Waals surface area (Å²) >= 11 is 0. The lowest BCUT2D eigenvalue weighted by Crippen LogP contribution is -2.54. The molecule has 186 valence electrons. The SMILES string of the molecule is CCOCC(=O)N1CCC2(C1)c1cccn1-c1ncccc1N2CC(C)C.O=C(O)C(F)(F)F. The van der Waals surface area contributed by atoms with E-state index in [2.05, 4.69) is 52.7 Å². The molecule has 1 fully saturated rings. The molecule has 2 aliphatic heterocycles. The van der Waals surface area contributed by atoms with Gasteiger partial charge in [-0.1, -0.05) is 13.8 Å². The second kappa shape index (κ2) is 10.0. The average molecular weight is 483 g/mol. The number of hydrogen-bond donors (Lipinski definition) is 1. The quantitative estimate of drug-likeness (QED) is 0.703. The summed E-state index contributed by atoms with van der Waals surface area (Å²) in [6.07, 6.45) is -0.239. The number of rotatable bonds is 5. The van der Waals surface area contributed by atoms with Gasteiger partial charge in [0, 0.05) is 38.6 Å². The third-order valence-electron chi connectivity index (χ3n) is 5.85. The van der Waals surface area contributed by atoms with Crippen LogP contribution in [0.1, 0.15) is 32.9 Å². The molecule has 0 aromatic carbocycles. The van der Waals surface area contributed by atoms with Crippen LogP contribution in [0.5, 0.6) is 0 Å². The highest BCUT2D eigenvalue weighted by Crippen LogP contribution is 2.47. The Bertz CT molecular complexity index is 1020. The molecular weight excluding hydrogens is 453 g/mol. The highest BCUT2D eigenvalue weighted by atomic mass is 19.4. The molecule has 2 aromatic rings. The number of aromatic nitrogens is 2. The minimum absolute atomic E-state index is 0.0771. The Labute approximate surface area is 195 Å². The van der Waals surface area contributed by atoms with E-state index in [4.69, 9.17) is 14.6 Å². The number of ether oxygens (including phenoxy) is 1. The number of amides is 1. The molecule has 0 bridgehead atoms. The first-order chi connectivity index (χ1) is 16.0. The maximum atomic E-state index is 12.6. The lowest BCUT2D eigenvalue weighted by atomic mass is 9.88. The number of alkyl halides is 3. The minimum atomic E-state index is -5.08. The lowest BCUT2D eigenvalue weighted by Gasteiger charge is -2.47. The van der Waals surface area contributed by atoms with Crippen LogP contribution < -0.4 is 4.90 Å². The second-order valence-corrected chi connectivity index (χ2v) is 8.65. The number of hydrogen-bond acceptors (Lipinski definition) is 5. The Balaban J connectivity index is 0.000000406. The number of aliphatic carboxylic acids is 1. The van der Waals surface area contributed by atoms with Gasteiger partial charge in [-0.15, -0.1) is 0 Å². The van der Waals surface area contributed by atoms with Gasteiger partial charge in [0.25, 0.3) is 0 Å². The number of carbonyl (C=O) groups is 2. The van der Waals surface area contributed by atoms with Gasteiger partial charge in [-0.25, -0.2) is 9.78 Å². The van der Waals surface area contributed by atoms with Gasteiger partial charge in [0.2, 0.25) is 5.91 Å². The van der Waals surface area contributed by atoms with Gasteiger partial charge in [-0.2, -0.15) is 13.2 Å². The van der Waals surface area contributed by atoms with Crippen molar-refractivity contribution in [3.05, 3.63) is 42.4 Å². The molecule has 1 atom stereocenters. The summed E-state index contributed by atoms with van der Waals surface area (Å²) in [5, 5.41) is 7.12. The monoisotopic (exact) mass is 482 g/mol. The first-order valence-corrected chi connectivity index (χ1v) is 11.1. The van der Waals surface area contributed by atoms with Gasteiger partial charge in [-0.3, -0.25) is 4.79 Å². The van der Waals surface area contributed by atoms with Crippen molar-refractivity contribution in [2.24, 2.45) is 5.92 Å². The summed E-state index contributed by atoms with van der Waals surface area (Å²) in [5.41, 5.74) is 2.15. The number of carboxylic acids is 1. The maximum absolute atomic E-state index is 12.6. The van der Waals surface area contributed by atoms with E-state index in [9.17, 15) is 18.0 Å². The molecule has 0 aliphatic carbocycles. The smallest absolute Gasteiger partial charge is 0.475 e. The van der Waals surface area contributed by atoms with Gasteiger partial charge in [-0.05, 0) is 43.5 Å². The van der Waals surface area contributed by atoms with Crippen LogP contribution >= 0.6 is 0 Å². The van der Waals surface area contributed by atoms with Crippen LogP contribution in [0.3, 0.4) is 0 Å². The van der Waals surface area contributed by atoms with Crippen molar-refractivity contribution >= 4 is 17.6 Å². The van der Waals surface area contributed by atoms with E-state index in [1.807, 2.05) is 24.1 Å². The summed E-state index contributed by atoms with van der Waals surface area (Å²) in [5.74, 6) is -1.20. The molecule has 8 nitrogen and oxygen atoms in total. The number of nitrogens with zero attached hydrogens (tertiary/aromatic N) is 4. The van der Waals surface area contributed by atoms with Crippen LogP contribution in [0.2, 0.25) is 0 Å². The van der Waals surface area contributed by atoms with E-state index in [1.165, 1.54) is 5.69 Å². The number of halogens is 3. The molecule has 34 heavy (non-hydrogen) atoms. The fourth-order valence-corrected chi connectivity index (χ4v) is 4.45. The van der Waals surface area contributed by atoms with Crippen molar-refractivity contribution in [2.45, 2.75) is 38.9 Å². The van der Waals surface area contributed by atoms with E-state index in [-0.39, 0.29) is 18.1 Å². The van der Waals surface area contributed by atoms with Gasteiger partial charge in [0.05, 0.1) is 11.4 Å². The van der Waals surface area contributed by atoms with Crippen LogP contribution in [0.15, 0.2) is 36.7 Å². The fourth-order valence-electron chi connectivity index (χ4n) is 4.45. The highest BCUT2D eigenvalue weighted by Gasteiger charge is 2.50. The molecule has 1 saturated heterocycles. The number of pyridine rings is 1. The molecule has 4 rings (SSSR count). The topological polar surface area (TPSA) is 87.9 Å². The maximum Gasteiger partial charge on any atom is 0.490 e. The van der Waals surface area contributed by atoms with Crippen LogP contribution in [0.4, 0.5) is 18.9 Å². The van der Waals surface area contributed by atoms with E-state index < -0.39 is 12.1 Å². The molecule has 1 unspecified atom stereocenters. The zero-order chi connectivity index (χ0) is 25.1. The van der Waals surface area contributed by atoms with Gasteiger partial charge in [0.1, 0.15) is 12.1 Å². The van der Waals surface area contributed by atoms with Crippen molar-refractivity contribution in [1.82, 2.24) is 14.5 Å². The Morgan fingerprint density at radius 1 is 1.26 bits per heavy atom. The number of fused-ring (bicyclic) bond motifs is 4. The molecule has 2 aromatic heterocycles. The number of anilines is 1. The zero-order valence-electron chi connectivity index (χ0n) is 19.4. The molecule has 11 heteroatoms. The fraction of sp³-hybridized carbons (Fsp3) is 0.522. The normalized spacial score (nSPS) is 19.0. The number of likely N-dealkylation sites (tertiary alicyclic amines) is 1. The zero-order valence-corrected chi connectivity index (χ0v) is 19.4. The third-order valence-corrected chi connectivity index (χ3v) is 5.85. The van der Waals surface area contributed by atoms with Crippen molar-refractivity contribution in [1.29, 1.82) is 0 Å². The van der Waals surface area contributed by atoms with Crippen molar-refractivity contribution < 1.29 is 32.6 Å². The molecular formula is C23H29F3N4O4. The second-order valence-electron chi connectivity index (χ2n) is 8.65. The summed E-state index contributed by atoms with van der Waals surface area (Å²) in [7, 11) is 0. The molecule has 4 heterocycles. The van der Waals surface area contributed by atoms with Crippen molar-refractivity contribution in [2.75, 3.05) is 37.7 Å². The van der Waals surface area contributed by atoms with E-state index in [0.717, 1.165) is 31.0 Å². The Hall–Kier alpha value is -3.08. The standard InChI is InChI=1S/C21H28N4O2.C2HF3O2/c1-4-27-14-19(26)23-12-9-21(15-23)18-8-6-11-24(18)20-17(7-5-10-22-20)25(21)13-16(2)3;3-2(4,5)1(6)7/h5-8,10-11,16H,4,9,12-15H2,1-3H3;(H,6,7). The van der Waals surface area contributed by atoms with E-state index in [0.29, 0.717) is 19.1 Å². The first kappa shape index (κ1) is 25.5. The largest absolute Gasteiger partial charge is 0.490 e. The predicted molar refractivity (Wildman–Crippen MR) is 119 cm³/mol. The lowest BCUT2D eigenvalue weighted by molar-refractivity contribution is -0.192. The molecule has 0 radical (unpaired) electrons. The van der Waals surface area contributed by atoms with E-state index in [1.54, 1.807) is 0 Å². The molecule has 2 aliphatic rings. The summed E-state index contributed by atoms with van der Waals surface area (Å²) in [4.78, 5) is 30.6. The summed E-state index contributed by atoms with van der Waals surface area (Å²) in [6.45, 7) is 9.49. The van der Waals surface area contributed by atoms with Crippen LogP contribution in [-0.4, -0.2) is 70.5 Å². The van der Waals surface area contributed by atoms with E-state index >= 15 is 0 Å². The minimum Gasteiger partial charge on any atom is -0.475 e. The highest BCUT2D eigenvalue weighted by molar-refractivity contribution is 5.78. The predicted octanol–water partition coefficient (Wildman–Crippen LogP) is 3.45. The molecule has 0 saturated carbocycles. The van der Waals surface area contributed by atoms with Gasteiger partial charge in [0.15, 0.2) is 5.82 Å². The van der Waals surface area contributed by atoms with Gasteiger partial charge < -0.3 is 24.2 Å². The van der Waals surface area contributed by atoms with Crippen molar-refractivity contribution in [3.63, 3.8) is 0 Å². The van der Waals surface area contributed by atoms with Crippen LogP contribution in [-0.2, 0) is 19.9 Å². The Morgan fingerprint density at radius 2 is 1.97 bits per heavy atom. The average Bonchev–Trinajstić information content (AvgIpc) is 3.43. The third kappa shape index (κ3) is 5.03. The first-order valence-electron chi connectivity index (χ1n) is 11.1. The molecule has 1 amide bonds. The number of carbonyl (C=O) groups excluding carboxylic acids is 1. The van der Waals surface area contributed by atoms with Gasteiger partial charge >= 0.3 is 12.1 Å². The summed E-state index contributed by atoms with van der Waals surface area (Å²) < 4.78 is 39.3. The molecule has 1 spiro atoms. The van der Waals surface area contributed by atoms with Crippen LogP contribution in [0.25, 0.3) is 5.82 Å². The number of carboxylic acid groups (broad SMARTS) is 1. The summed E-state index contributed by atoms with van der Waals surface area (Å²) in [6, 6.07) is 8.42. The Kier molecular flexibility index (Phi) is 7.54. The van der Waals surface area contributed by atoms with Crippen molar-refractivity contribution in [3.8, 4) is 5.82 Å². The molecule has 1 N–H and O–H groups in total. The van der Waals surface area contributed by atoms with Crippen LogP contribution in [0, 0.1) is 5.92 Å².